The zero-order valence-corrected chi connectivity index (χ0v) is 19.4. The molecule has 3 aromatic carbocycles. The molecule has 1 aliphatic heterocycles. The highest BCUT2D eigenvalue weighted by Crippen LogP contribution is 2.43. The lowest BCUT2D eigenvalue weighted by Crippen LogP contribution is -2.29. The highest BCUT2D eigenvalue weighted by molar-refractivity contribution is 6.51. The molecule has 0 radical (unpaired) electrons. The number of aryl methyl sites for hydroxylation is 3. The molecule has 5 heteroatoms. The number of amides is 1. The van der Waals surface area contributed by atoms with Crippen LogP contribution in [0, 0.1) is 6.92 Å². The molecule has 2 aliphatic rings. The van der Waals surface area contributed by atoms with Crippen molar-refractivity contribution in [2.45, 2.75) is 38.6 Å². The standard InChI is InChI=1S/C29H27NO4/c1-18-10-14-23(15-11-18)30-26(21-8-5-9-24(17-21)34-2)25(28(32)29(30)33)27(31)22-13-12-19-6-3-4-7-20(19)16-22/h5,8-17,26,31H,3-4,6-7H2,1-2H3/b27-25-. The number of aliphatic hydroxyl groups excluding tert-OH is 1. The number of anilines is 1. The molecule has 0 saturated carbocycles. The van der Waals surface area contributed by atoms with Crippen LogP contribution in [0.4, 0.5) is 5.69 Å². The third-order valence-electron chi connectivity index (χ3n) is 6.79. The van der Waals surface area contributed by atoms with Gasteiger partial charge in [-0.25, -0.2) is 0 Å². The molecule has 1 unspecified atom stereocenters. The number of carbonyl (C=O) groups excluding carboxylic acids is 2. The fourth-order valence-corrected chi connectivity index (χ4v) is 4.97. The molecule has 0 bridgehead atoms. The molecule has 5 nitrogen and oxygen atoms in total. The van der Waals surface area contributed by atoms with Crippen molar-refractivity contribution in [3.8, 4) is 5.75 Å². The number of hydrogen-bond donors (Lipinski definition) is 1. The Morgan fingerprint density at radius 3 is 2.41 bits per heavy atom. The first-order chi connectivity index (χ1) is 16.5. The number of nitrogens with zero attached hydrogens (tertiary/aromatic N) is 1. The fourth-order valence-electron chi connectivity index (χ4n) is 4.97. The van der Waals surface area contributed by atoms with Crippen molar-refractivity contribution in [3.05, 3.63) is 100 Å². The number of ketones is 1. The zero-order chi connectivity index (χ0) is 23.8. The lowest BCUT2D eigenvalue weighted by Gasteiger charge is -2.26. The molecule has 0 spiro atoms. The van der Waals surface area contributed by atoms with Crippen LogP contribution in [-0.4, -0.2) is 23.9 Å². The summed E-state index contributed by atoms with van der Waals surface area (Å²) in [7, 11) is 1.57. The minimum atomic E-state index is -0.770. The first-order valence-electron chi connectivity index (χ1n) is 11.6. The normalized spacial score (nSPS) is 19.2. The van der Waals surface area contributed by atoms with Crippen LogP contribution in [-0.2, 0) is 22.4 Å². The van der Waals surface area contributed by atoms with E-state index in [2.05, 4.69) is 0 Å². The van der Waals surface area contributed by atoms with E-state index < -0.39 is 17.7 Å². The second kappa shape index (κ2) is 8.82. The van der Waals surface area contributed by atoms with E-state index in [0.717, 1.165) is 31.2 Å². The van der Waals surface area contributed by atoms with Crippen molar-refractivity contribution < 1.29 is 19.4 Å². The number of rotatable bonds is 4. The van der Waals surface area contributed by atoms with Gasteiger partial charge >= 0.3 is 0 Å². The predicted molar refractivity (Wildman–Crippen MR) is 132 cm³/mol. The van der Waals surface area contributed by atoms with Gasteiger partial charge in [-0.2, -0.15) is 0 Å². The second-order valence-electron chi connectivity index (χ2n) is 8.97. The lowest BCUT2D eigenvalue weighted by molar-refractivity contribution is -0.132. The maximum atomic E-state index is 13.4. The van der Waals surface area contributed by atoms with Crippen LogP contribution in [0.25, 0.3) is 5.76 Å². The summed E-state index contributed by atoms with van der Waals surface area (Å²) in [5, 5.41) is 11.4. The van der Waals surface area contributed by atoms with Crippen molar-refractivity contribution in [1.82, 2.24) is 0 Å². The topological polar surface area (TPSA) is 66.8 Å². The van der Waals surface area contributed by atoms with Crippen LogP contribution < -0.4 is 9.64 Å². The summed E-state index contributed by atoms with van der Waals surface area (Å²) in [4.78, 5) is 28.1. The molecule has 172 valence electrons. The summed E-state index contributed by atoms with van der Waals surface area (Å²) in [6.07, 6.45) is 4.25. The van der Waals surface area contributed by atoms with Gasteiger partial charge in [-0.3, -0.25) is 14.5 Å². The molecule has 3 aromatic rings. The Bertz CT molecular complexity index is 1310. The number of fused-ring (bicyclic) bond motifs is 1. The van der Waals surface area contributed by atoms with Gasteiger partial charge in [0.2, 0.25) is 0 Å². The Labute approximate surface area is 199 Å². The van der Waals surface area contributed by atoms with Gasteiger partial charge < -0.3 is 9.84 Å². The summed E-state index contributed by atoms with van der Waals surface area (Å²) < 4.78 is 5.40. The molecular weight excluding hydrogens is 426 g/mol. The number of Topliss-reactive ketones (excluding diaryl/α,β-unsaturated/α-hetero) is 1. The minimum absolute atomic E-state index is 0.0922. The largest absolute Gasteiger partial charge is 0.507 e. The van der Waals surface area contributed by atoms with Gasteiger partial charge in [-0.15, -0.1) is 0 Å². The van der Waals surface area contributed by atoms with Crippen LogP contribution in [0.5, 0.6) is 5.75 Å². The number of hydrogen-bond acceptors (Lipinski definition) is 4. The van der Waals surface area contributed by atoms with Crippen LogP contribution in [0.1, 0.15) is 46.7 Å². The van der Waals surface area contributed by atoms with Crippen LogP contribution in [0.15, 0.2) is 72.3 Å². The van der Waals surface area contributed by atoms with Crippen molar-refractivity contribution in [2.75, 3.05) is 12.0 Å². The summed E-state index contributed by atoms with van der Waals surface area (Å²) in [5.74, 6) is -0.880. The summed E-state index contributed by atoms with van der Waals surface area (Å²) in [5.41, 5.74) is 5.48. The third-order valence-corrected chi connectivity index (χ3v) is 6.79. The van der Waals surface area contributed by atoms with E-state index in [1.165, 1.54) is 16.0 Å². The summed E-state index contributed by atoms with van der Waals surface area (Å²) >= 11 is 0. The first kappa shape index (κ1) is 22.0. The number of aliphatic hydroxyl groups is 1. The van der Waals surface area contributed by atoms with Gasteiger partial charge in [0.25, 0.3) is 11.7 Å². The number of benzene rings is 3. The van der Waals surface area contributed by atoms with E-state index in [-0.39, 0.29) is 11.3 Å². The Balaban J connectivity index is 1.70. The van der Waals surface area contributed by atoms with Gasteiger partial charge in [0, 0.05) is 11.3 Å². The van der Waals surface area contributed by atoms with Gasteiger partial charge in [0.1, 0.15) is 11.5 Å². The lowest BCUT2D eigenvalue weighted by atomic mass is 9.88. The maximum Gasteiger partial charge on any atom is 0.300 e. The molecule has 34 heavy (non-hydrogen) atoms. The van der Waals surface area contributed by atoms with Crippen LogP contribution >= 0.6 is 0 Å². The molecule has 1 atom stereocenters. The quantitative estimate of drug-likeness (QED) is 0.321. The molecule has 1 N–H and O–H groups in total. The molecule has 1 aliphatic carbocycles. The summed E-state index contributed by atoms with van der Waals surface area (Å²) in [6.45, 7) is 1.97. The Hall–Kier alpha value is -3.86. The van der Waals surface area contributed by atoms with Crippen molar-refractivity contribution in [1.29, 1.82) is 0 Å². The van der Waals surface area contributed by atoms with Crippen molar-refractivity contribution in [3.63, 3.8) is 0 Å². The second-order valence-corrected chi connectivity index (χ2v) is 8.97. The molecule has 1 saturated heterocycles. The molecule has 0 aromatic heterocycles. The maximum absolute atomic E-state index is 13.4. The number of methoxy groups -OCH3 is 1. The molecule has 1 fully saturated rings. The highest BCUT2D eigenvalue weighted by atomic mass is 16.5. The zero-order valence-electron chi connectivity index (χ0n) is 19.4. The number of ether oxygens (including phenoxy) is 1. The average Bonchev–Trinajstić information content (AvgIpc) is 3.14. The molecular formula is C29H27NO4. The van der Waals surface area contributed by atoms with Gasteiger partial charge in [-0.05, 0) is 79.6 Å². The van der Waals surface area contributed by atoms with Crippen LogP contribution in [0.3, 0.4) is 0 Å². The smallest absolute Gasteiger partial charge is 0.300 e. The van der Waals surface area contributed by atoms with E-state index in [4.69, 9.17) is 4.74 Å². The average molecular weight is 454 g/mol. The summed E-state index contributed by atoms with van der Waals surface area (Å²) in [6, 6.07) is 19.8. The van der Waals surface area contributed by atoms with Gasteiger partial charge in [0.05, 0.1) is 18.7 Å². The van der Waals surface area contributed by atoms with Crippen LogP contribution in [0.2, 0.25) is 0 Å². The highest BCUT2D eigenvalue weighted by Gasteiger charge is 2.47. The molecule has 5 rings (SSSR count). The van der Waals surface area contributed by atoms with Gasteiger partial charge in [-0.1, -0.05) is 42.0 Å². The van der Waals surface area contributed by atoms with E-state index in [0.29, 0.717) is 22.6 Å². The predicted octanol–water partition coefficient (Wildman–Crippen LogP) is 5.51. The van der Waals surface area contributed by atoms with E-state index in [1.54, 1.807) is 13.2 Å². The first-order valence-corrected chi connectivity index (χ1v) is 11.6. The Morgan fingerprint density at radius 1 is 0.941 bits per heavy atom. The minimum Gasteiger partial charge on any atom is -0.507 e. The van der Waals surface area contributed by atoms with E-state index >= 15 is 0 Å². The van der Waals surface area contributed by atoms with Gasteiger partial charge in [0.15, 0.2) is 0 Å². The monoisotopic (exact) mass is 453 g/mol. The Kier molecular flexibility index (Phi) is 5.70. The van der Waals surface area contributed by atoms with E-state index in [9.17, 15) is 14.7 Å². The fraction of sp³-hybridized carbons (Fsp3) is 0.241. The molecule has 1 amide bonds. The van der Waals surface area contributed by atoms with Crippen molar-refractivity contribution in [2.24, 2.45) is 0 Å². The third kappa shape index (κ3) is 3.77. The Morgan fingerprint density at radius 2 is 1.68 bits per heavy atom. The molecule has 1 heterocycles. The van der Waals surface area contributed by atoms with E-state index in [1.807, 2.05) is 67.6 Å². The van der Waals surface area contributed by atoms with Crippen molar-refractivity contribution >= 4 is 23.1 Å². The number of carbonyl (C=O) groups is 2. The SMILES string of the molecule is COc1cccc(C2/C(=C(/O)c3ccc4c(c3)CCCC4)C(=O)C(=O)N2c2ccc(C)cc2)c1.